The Kier molecular flexibility index (Phi) is 5.33. The molecule has 1 aliphatic rings. The molecular weight excluding hydrogens is 439 g/mol. The quantitative estimate of drug-likeness (QED) is 0.415. The molecule has 0 radical (unpaired) electrons. The number of alkyl halides is 3. The van der Waals surface area contributed by atoms with Gasteiger partial charge in [0, 0.05) is 24.9 Å². The minimum absolute atomic E-state index is 0.0141. The summed E-state index contributed by atoms with van der Waals surface area (Å²) in [6.07, 6.45) is -4.35. The molecule has 2 unspecified atom stereocenters. The zero-order chi connectivity index (χ0) is 23.9. The third-order valence-electron chi connectivity index (χ3n) is 6.21. The van der Waals surface area contributed by atoms with E-state index in [2.05, 4.69) is 21.4 Å². The fourth-order valence-electron chi connectivity index (χ4n) is 4.32. The van der Waals surface area contributed by atoms with Crippen molar-refractivity contribution in [3.8, 4) is 17.2 Å². The van der Waals surface area contributed by atoms with Crippen LogP contribution in [-0.4, -0.2) is 29.6 Å². The van der Waals surface area contributed by atoms with E-state index in [1.165, 1.54) is 12.1 Å². The maximum absolute atomic E-state index is 12.8. The lowest BCUT2D eigenvalue weighted by Crippen LogP contribution is -2.54. The molecule has 8 heteroatoms. The maximum atomic E-state index is 12.8. The number of anilines is 2. The number of benzene rings is 3. The number of para-hydroxylation sites is 1. The predicted molar refractivity (Wildman–Crippen MR) is 125 cm³/mol. The molecule has 0 spiro atoms. The average molecular weight is 459 g/mol. The molecule has 0 bridgehead atoms. The van der Waals surface area contributed by atoms with Gasteiger partial charge >= 0.3 is 6.18 Å². The molecular formula is C26H20F3N5. The molecule has 170 valence electrons. The zero-order valence-electron chi connectivity index (χ0n) is 18.2. The van der Waals surface area contributed by atoms with Crippen LogP contribution in [0.15, 0.2) is 72.8 Å². The Morgan fingerprint density at radius 3 is 2.21 bits per heavy atom. The topological polar surface area (TPSA) is 64.8 Å². The van der Waals surface area contributed by atoms with Gasteiger partial charge in [-0.05, 0) is 41.0 Å². The van der Waals surface area contributed by atoms with E-state index >= 15 is 0 Å². The van der Waals surface area contributed by atoms with Gasteiger partial charge < -0.3 is 10.2 Å². The zero-order valence-corrected chi connectivity index (χ0v) is 18.2. The number of hydrogen-bond donors (Lipinski definition) is 1. The summed E-state index contributed by atoms with van der Waals surface area (Å²) in [6, 6.07) is 22.4. The van der Waals surface area contributed by atoms with Gasteiger partial charge in [0.2, 0.25) is 5.95 Å². The summed E-state index contributed by atoms with van der Waals surface area (Å²) in [5, 5.41) is 13.9. The lowest BCUT2D eigenvalue weighted by Gasteiger charge is -2.44. The standard InChI is InChI=1S/C26H20F3N5/c1-31-24-20-4-2-3-5-22(20)32-25(33-24)34-15-21(23(34)14-30)18-8-6-16(7-9-18)17-10-12-19(13-11-17)26(27,28)29/h2-13,21,23H,15H2,1H3,(H,31,32,33). The molecule has 5 nitrogen and oxygen atoms in total. The normalized spacial score (nSPS) is 17.8. The summed E-state index contributed by atoms with van der Waals surface area (Å²) in [6.45, 7) is 0.597. The van der Waals surface area contributed by atoms with Crippen LogP contribution in [0, 0.1) is 11.3 Å². The van der Waals surface area contributed by atoms with Crippen LogP contribution in [0.1, 0.15) is 17.0 Å². The number of nitrogens with zero attached hydrogens (tertiary/aromatic N) is 4. The lowest BCUT2D eigenvalue weighted by molar-refractivity contribution is -0.137. The first kappa shape index (κ1) is 21.7. The first-order valence-corrected chi connectivity index (χ1v) is 10.8. The molecule has 0 saturated carbocycles. The number of rotatable bonds is 4. The van der Waals surface area contributed by atoms with E-state index in [1.807, 2.05) is 53.4 Å². The van der Waals surface area contributed by atoms with Gasteiger partial charge in [0.25, 0.3) is 0 Å². The Hall–Kier alpha value is -4.12. The van der Waals surface area contributed by atoms with Gasteiger partial charge in [-0.2, -0.15) is 23.4 Å². The number of halogens is 3. The first-order chi connectivity index (χ1) is 16.4. The van der Waals surface area contributed by atoms with Crippen LogP contribution in [0.25, 0.3) is 22.0 Å². The van der Waals surface area contributed by atoms with Crippen LogP contribution in [0.5, 0.6) is 0 Å². The van der Waals surface area contributed by atoms with Crippen molar-refractivity contribution in [1.29, 1.82) is 5.26 Å². The van der Waals surface area contributed by atoms with E-state index in [4.69, 9.17) is 0 Å². The second kappa shape index (κ2) is 8.34. The fraction of sp³-hybridized carbons (Fsp3) is 0.192. The number of aromatic nitrogens is 2. The highest BCUT2D eigenvalue weighted by Gasteiger charge is 2.42. The van der Waals surface area contributed by atoms with Crippen LogP contribution < -0.4 is 10.2 Å². The van der Waals surface area contributed by atoms with E-state index < -0.39 is 17.8 Å². The average Bonchev–Trinajstić information content (AvgIpc) is 2.83. The summed E-state index contributed by atoms with van der Waals surface area (Å²) >= 11 is 0. The second-order valence-corrected chi connectivity index (χ2v) is 8.17. The summed E-state index contributed by atoms with van der Waals surface area (Å²) < 4.78 is 38.4. The molecule has 1 N–H and O–H groups in total. The molecule has 1 aliphatic heterocycles. The van der Waals surface area contributed by atoms with Crippen molar-refractivity contribution in [2.24, 2.45) is 0 Å². The van der Waals surface area contributed by atoms with Crippen LogP contribution >= 0.6 is 0 Å². The third kappa shape index (κ3) is 3.79. The smallest absolute Gasteiger partial charge is 0.372 e. The summed E-state index contributed by atoms with van der Waals surface area (Å²) in [5.74, 6) is 1.20. The van der Waals surface area contributed by atoms with Crippen molar-refractivity contribution in [2.45, 2.75) is 18.1 Å². The largest absolute Gasteiger partial charge is 0.416 e. The highest BCUT2D eigenvalue weighted by Crippen LogP contribution is 2.38. The Morgan fingerprint density at radius 1 is 0.941 bits per heavy atom. The van der Waals surface area contributed by atoms with Crippen LogP contribution in [0.4, 0.5) is 24.9 Å². The molecule has 1 aromatic heterocycles. The lowest BCUT2D eigenvalue weighted by atomic mass is 9.83. The van der Waals surface area contributed by atoms with E-state index in [-0.39, 0.29) is 5.92 Å². The van der Waals surface area contributed by atoms with E-state index in [0.29, 0.717) is 23.9 Å². The van der Waals surface area contributed by atoms with Crippen molar-refractivity contribution in [3.63, 3.8) is 0 Å². The Balaban J connectivity index is 1.36. The molecule has 5 rings (SSSR count). The van der Waals surface area contributed by atoms with E-state index in [0.717, 1.165) is 34.2 Å². The van der Waals surface area contributed by atoms with Gasteiger partial charge in [-0.1, -0.05) is 48.5 Å². The molecule has 1 fully saturated rings. The molecule has 2 atom stereocenters. The molecule has 3 aromatic carbocycles. The number of hydrogen-bond acceptors (Lipinski definition) is 5. The number of fused-ring (bicyclic) bond motifs is 1. The second-order valence-electron chi connectivity index (χ2n) is 8.17. The van der Waals surface area contributed by atoms with Crippen molar-refractivity contribution in [3.05, 3.63) is 83.9 Å². The SMILES string of the molecule is CNc1nc(N2CC(c3ccc(-c4ccc(C(F)(F)F)cc4)cc3)C2C#N)nc2ccccc12. The van der Waals surface area contributed by atoms with Crippen molar-refractivity contribution in [1.82, 2.24) is 9.97 Å². The van der Waals surface area contributed by atoms with Crippen molar-refractivity contribution < 1.29 is 13.2 Å². The third-order valence-corrected chi connectivity index (χ3v) is 6.21. The number of nitrogens with one attached hydrogen (secondary N) is 1. The highest BCUT2D eigenvalue weighted by atomic mass is 19.4. The van der Waals surface area contributed by atoms with Crippen LogP contribution in [-0.2, 0) is 6.18 Å². The summed E-state index contributed by atoms with van der Waals surface area (Å²) in [4.78, 5) is 11.2. The van der Waals surface area contributed by atoms with Gasteiger partial charge in [0.1, 0.15) is 11.9 Å². The molecule has 34 heavy (non-hydrogen) atoms. The molecule has 0 aliphatic carbocycles. The van der Waals surface area contributed by atoms with E-state index in [1.54, 1.807) is 7.05 Å². The minimum Gasteiger partial charge on any atom is -0.372 e. The van der Waals surface area contributed by atoms with Crippen molar-refractivity contribution >= 4 is 22.7 Å². The van der Waals surface area contributed by atoms with Crippen LogP contribution in [0.3, 0.4) is 0 Å². The Morgan fingerprint density at radius 2 is 1.59 bits per heavy atom. The molecule has 0 amide bonds. The van der Waals surface area contributed by atoms with E-state index in [9.17, 15) is 18.4 Å². The molecule has 4 aromatic rings. The first-order valence-electron chi connectivity index (χ1n) is 10.8. The summed E-state index contributed by atoms with van der Waals surface area (Å²) in [7, 11) is 1.80. The highest BCUT2D eigenvalue weighted by molar-refractivity contribution is 5.90. The van der Waals surface area contributed by atoms with Gasteiger partial charge in [-0.3, -0.25) is 0 Å². The van der Waals surface area contributed by atoms with Crippen LogP contribution in [0.2, 0.25) is 0 Å². The fourth-order valence-corrected chi connectivity index (χ4v) is 4.32. The number of nitriles is 1. The minimum atomic E-state index is -4.35. The Bertz CT molecular complexity index is 1380. The predicted octanol–water partition coefficient (Wildman–Crippen LogP) is 5.85. The monoisotopic (exact) mass is 459 g/mol. The van der Waals surface area contributed by atoms with Crippen molar-refractivity contribution in [2.75, 3.05) is 23.8 Å². The van der Waals surface area contributed by atoms with Gasteiger partial charge in [0.05, 0.1) is 17.1 Å². The van der Waals surface area contributed by atoms with Gasteiger partial charge in [0.15, 0.2) is 0 Å². The Labute approximate surface area is 194 Å². The molecule has 1 saturated heterocycles. The van der Waals surface area contributed by atoms with Gasteiger partial charge in [-0.25, -0.2) is 4.98 Å². The molecule has 2 heterocycles. The van der Waals surface area contributed by atoms with Gasteiger partial charge in [-0.15, -0.1) is 0 Å². The summed E-state index contributed by atoms with van der Waals surface area (Å²) in [5.41, 5.74) is 2.65. The maximum Gasteiger partial charge on any atom is 0.416 e.